The lowest BCUT2D eigenvalue weighted by molar-refractivity contribution is -0.113. The van der Waals surface area contributed by atoms with Gasteiger partial charge in [0, 0.05) is 0 Å². The predicted octanol–water partition coefficient (Wildman–Crippen LogP) is 2.20. The molecule has 0 fully saturated rings. The Hall–Kier alpha value is -1.34. The molecule has 1 amide bonds. The molecular formula is C10H9BrN2O. The van der Waals surface area contributed by atoms with Gasteiger partial charge in [0.1, 0.15) is 6.07 Å². The zero-order chi connectivity index (χ0) is 10.6. The molecule has 0 atom stereocenters. The number of nitrogens with zero attached hydrogens (tertiary/aromatic N) is 1. The Bertz CT molecular complexity index is 396. The number of hydrogen-bond acceptors (Lipinski definition) is 2. The summed E-state index contributed by atoms with van der Waals surface area (Å²) < 4.78 is 0. The third-order valence-corrected chi connectivity index (χ3v) is 2.29. The minimum absolute atomic E-state index is 0.160. The van der Waals surface area contributed by atoms with Crippen LogP contribution >= 0.6 is 15.9 Å². The molecule has 0 heterocycles. The van der Waals surface area contributed by atoms with Crippen LogP contribution in [0.4, 0.5) is 5.69 Å². The van der Waals surface area contributed by atoms with Crippen LogP contribution in [0.1, 0.15) is 11.1 Å². The molecule has 0 unspecified atom stereocenters. The second-order valence-electron chi connectivity index (χ2n) is 2.79. The van der Waals surface area contributed by atoms with Gasteiger partial charge in [-0.15, -0.1) is 0 Å². The van der Waals surface area contributed by atoms with Crippen LogP contribution in [-0.2, 0) is 4.79 Å². The highest BCUT2D eigenvalue weighted by Gasteiger charge is 2.06. The zero-order valence-electron chi connectivity index (χ0n) is 7.67. The van der Waals surface area contributed by atoms with Gasteiger partial charge in [0.05, 0.1) is 16.6 Å². The van der Waals surface area contributed by atoms with Crippen molar-refractivity contribution >= 4 is 27.5 Å². The van der Waals surface area contributed by atoms with Gasteiger partial charge in [0.25, 0.3) is 0 Å². The van der Waals surface area contributed by atoms with Gasteiger partial charge in [-0.05, 0) is 18.6 Å². The first-order valence-corrected chi connectivity index (χ1v) is 5.16. The highest BCUT2D eigenvalue weighted by molar-refractivity contribution is 9.09. The molecule has 0 radical (unpaired) electrons. The molecule has 0 aliphatic rings. The quantitative estimate of drug-likeness (QED) is 0.821. The summed E-state index contributed by atoms with van der Waals surface area (Å²) in [5.74, 6) is -0.160. The highest BCUT2D eigenvalue weighted by Crippen LogP contribution is 2.18. The van der Waals surface area contributed by atoms with Crippen LogP contribution in [0.3, 0.4) is 0 Å². The van der Waals surface area contributed by atoms with Crippen molar-refractivity contribution in [2.45, 2.75) is 6.92 Å². The summed E-state index contributed by atoms with van der Waals surface area (Å²) in [6, 6.07) is 7.42. The molecule has 3 nitrogen and oxygen atoms in total. The summed E-state index contributed by atoms with van der Waals surface area (Å²) in [7, 11) is 0. The monoisotopic (exact) mass is 252 g/mol. The normalized spacial score (nSPS) is 9.21. The van der Waals surface area contributed by atoms with Crippen molar-refractivity contribution in [2.24, 2.45) is 0 Å². The molecule has 0 spiro atoms. The molecule has 0 aromatic heterocycles. The third kappa shape index (κ3) is 2.33. The Kier molecular flexibility index (Phi) is 3.66. The Balaban J connectivity index is 3.04. The van der Waals surface area contributed by atoms with Crippen molar-refractivity contribution < 1.29 is 4.79 Å². The highest BCUT2D eigenvalue weighted by atomic mass is 79.9. The van der Waals surface area contributed by atoms with Crippen LogP contribution in [0, 0.1) is 18.3 Å². The van der Waals surface area contributed by atoms with Gasteiger partial charge in [-0.1, -0.05) is 28.1 Å². The second-order valence-corrected chi connectivity index (χ2v) is 3.35. The molecule has 1 aromatic rings. The number of alkyl halides is 1. The minimum Gasteiger partial charge on any atom is -0.324 e. The van der Waals surface area contributed by atoms with Crippen molar-refractivity contribution in [1.29, 1.82) is 5.26 Å². The SMILES string of the molecule is Cc1cccc(NC(=O)CBr)c1C#N. The first-order valence-electron chi connectivity index (χ1n) is 4.04. The number of nitriles is 1. The van der Waals surface area contributed by atoms with E-state index in [-0.39, 0.29) is 11.2 Å². The number of hydrogen-bond donors (Lipinski definition) is 1. The van der Waals surface area contributed by atoms with E-state index in [1.165, 1.54) is 0 Å². The number of nitrogens with one attached hydrogen (secondary N) is 1. The summed E-state index contributed by atoms with van der Waals surface area (Å²) in [5.41, 5.74) is 1.94. The maximum Gasteiger partial charge on any atom is 0.235 e. The number of carbonyl (C=O) groups excluding carboxylic acids is 1. The molecule has 72 valence electrons. The van der Waals surface area contributed by atoms with Gasteiger partial charge in [0.2, 0.25) is 5.91 Å². The van der Waals surface area contributed by atoms with Crippen molar-refractivity contribution in [2.75, 3.05) is 10.6 Å². The minimum atomic E-state index is -0.160. The number of benzene rings is 1. The van der Waals surface area contributed by atoms with Crippen molar-refractivity contribution in [1.82, 2.24) is 0 Å². The van der Waals surface area contributed by atoms with Gasteiger partial charge >= 0.3 is 0 Å². The molecule has 0 aliphatic heterocycles. The third-order valence-electron chi connectivity index (χ3n) is 1.78. The van der Waals surface area contributed by atoms with Crippen molar-refractivity contribution in [3.8, 4) is 6.07 Å². The molecule has 1 rings (SSSR count). The standard InChI is InChI=1S/C10H9BrN2O/c1-7-3-2-4-9(8(7)6-12)13-10(14)5-11/h2-4H,5H2,1H3,(H,13,14). The summed E-state index contributed by atoms with van der Waals surface area (Å²) in [6.07, 6.45) is 0. The number of rotatable bonds is 2. The Morgan fingerprint density at radius 3 is 2.93 bits per heavy atom. The van der Waals surface area contributed by atoms with E-state index in [0.29, 0.717) is 11.3 Å². The lowest BCUT2D eigenvalue weighted by Crippen LogP contribution is -2.13. The lowest BCUT2D eigenvalue weighted by atomic mass is 10.1. The summed E-state index contributed by atoms with van der Waals surface area (Å²) >= 11 is 3.04. The van der Waals surface area contributed by atoms with E-state index in [1.807, 2.05) is 13.0 Å². The van der Waals surface area contributed by atoms with E-state index in [4.69, 9.17) is 5.26 Å². The number of anilines is 1. The average Bonchev–Trinajstić information content (AvgIpc) is 2.18. The van der Waals surface area contributed by atoms with Crippen molar-refractivity contribution in [3.63, 3.8) is 0 Å². The van der Waals surface area contributed by atoms with Gasteiger partial charge in [0.15, 0.2) is 0 Å². The Labute approximate surface area is 90.9 Å². The maximum atomic E-state index is 11.1. The van der Waals surface area contributed by atoms with E-state index in [9.17, 15) is 4.79 Å². The first kappa shape index (κ1) is 10.7. The topological polar surface area (TPSA) is 52.9 Å². The molecule has 0 bridgehead atoms. The van der Waals surface area contributed by atoms with Gasteiger partial charge in [-0.2, -0.15) is 5.26 Å². The van der Waals surface area contributed by atoms with E-state index in [0.717, 1.165) is 5.56 Å². The smallest absolute Gasteiger partial charge is 0.235 e. The van der Waals surface area contributed by atoms with Crippen molar-refractivity contribution in [3.05, 3.63) is 29.3 Å². The molecule has 1 aromatic carbocycles. The molecule has 1 N–H and O–H groups in total. The van der Waals surface area contributed by atoms with E-state index in [2.05, 4.69) is 27.3 Å². The van der Waals surface area contributed by atoms with Crippen LogP contribution in [0.5, 0.6) is 0 Å². The molecule has 0 saturated carbocycles. The number of halogens is 1. The molecule has 14 heavy (non-hydrogen) atoms. The van der Waals surface area contributed by atoms with Crippen LogP contribution in [0.2, 0.25) is 0 Å². The number of carbonyl (C=O) groups is 1. The predicted molar refractivity (Wildman–Crippen MR) is 58.3 cm³/mol. The number of aryl methyl sites for hydroxylation is 1. The van der Waals surface area contributed by atoms with Crippen LogP contribution in [-0.4, -0.2) is 11.2 Å². The maximum absolute atomic E-state index is 11.1. The van der Waals surface area contributed by atoms with Gasteiger partial charge in [-0.25, -0.2) is 0 Å². The first-order chi connectivity index (χ1) is 6.69. The molecule has 0 saturated heterocycles. The van der Waals surface area contributed by atoms with Crippen LogP contribution in [0.25, 0.3) is 0 Å². The zero-order valence-corrected chi connectivity index (χ0v) is 9.26. The van der Waals surface area contributed by atoms with E-state index in [1.54, 1.807) is 12.1 Å². The lowest BCUT2D eigenvalue weighted by Gasteiger charge is -2.06. The second kappa shape index (κ2) is 4.77. The molecule has 4 heteroatoms. The largest absolute Gasteiger partial charge is 0.324 e. The Morgan fingerprint density at radius 1 is 1.64 bits per heavy atom. The molecular weight excluding hydrogens is 244 g/mol. The summed E-state index contributed by atoms with van der Waals surface area (Å²) in [6.45, 7) is 1.84. The number of amides is 1. The van der Waals surface area contributed by atoms with E-state index < -0.39 is 0 Å². The fraction of sp³-hybridized carbons (Fsp3) is 0.200. The summed E-state index contributed by atoms with van der Waals surface area (Å²) in [5, 5.41) is 11.7. The molecule has 0 aliphatic carbocycles. The Morgan fingerprint density at radius 2 is 2.36 bits per heavy atom. The average molecular weight is 253 g/mol. The van der Waals surface area contributed by atoms with E-state index >= 15 is 0 Å². The summed E-state index contributed by atoms with van der Waals surface area (Å²) in [4.78, 5) is 11.1. The van der Waals surface area contributed by atoms with Gasteiger partial charge < -0.3 is 5.32 Å². The van der Waals surface area contributed by atoms with Crippen LogP contribution < -0.4 is 5.32 Å². The van der Waals surface area contributed by atoms with Gasteiger partial charge in [-0.3, -0.25) is 4.79 Å². The fourth-order valence-corrected chi connectivity index (χ4v) is 1.24. The fourth-order valence-electron chi connectivity index (χ4n) is 1.10. The van der Waals surface area contributed by atoms with Crippen LogP contribution in [0.15, 0.2) is 18.2 Å².